The van der Waals surface area contributed by atoms with Crippen molar-refractivity contribution in [1.29, 1.82) is 0 Å². The maximum absolute atomic E-state index is 12.3. The first kappa shape index (κ1) is 13.1. The van der Waals surface area contributed by atoms with Crippen molar-refractivity contribution in [3.05, 3.63) is 46.6 Å². The molecule has 0 unspecified atom stereocenters. The van der Waals surface area contributed by atoms with E-state index in [9.17, 15) is 8.78 Å². The van der Waals surface area contributed by atoms with Crippen molar-refractivity contribution >= 4 is 23.2 Å². The average molecular weight is 290 g/mol. The van der Waals surface area contributed by atoms with E-state index >= 15 is 0 Å². The van der Waals surface area contributed by atoms with Crippen molar-refractivity contribution in [2.75, 3.05) is 0 Å². The molecule has 0 spiro atoms. The summed E-state index contributed by atoms with van der Waals surface area (Å²) in [5, 5.41) is 0.774. The van der Waals surface area contributed by atoms with Gasteiger partial charge in [-0.15, -0.1) is 0 Å². The maximum Gasteiger partial charge on any atom is 0.387 e. The number of benzene rings is 1. The zero-order valence-electron chi connectivity index (χ0n) is 8.91. The van der Waals surface area contributed by atoms with Crippen molar-refractivity contribution < 1.29 is 13.5 Å². The van der Waals surface area contributed by atoms with Gasteiger partial charge in [0, 0.05) is 16.8 Å². The standard InChI is InChI=1S/C12H7Cl2F2NO/c13-7-3-4-8(9(14)6-7)11-10(18-12(15)16)2-1-5-17-11/h1-6,12H. The summed E-state index contributed by atoms with van der Waals surface area (Å²) in [4.78, 5) is 4.01. The lowest BCUT2D eigenvalue weighted by Crippen LogP contribution is -2.04. The van der Waals surface area contributed by atoms with Gasteiger partial charge >= 0.3 is 6.61 Å². The zero-order valence-corrected chi connectivity index (χ0v) is 10.4. The largest absolute Gasteiger partial charge is 0.432 e. The van der Waals surface area contributed by atoms with Gasteiger partial charge in [-0.25, -0.2) is 0 Å². The topological polar surface area (TPSA) is 22.1 Å². The molecule has 94 valence electrons. The fourth-order valence-corrected chi connectivity index (χ4v) is 1.96. The molecule has 0 aliphatic heterocycles. The number of aromatic nitrogens is 1. The van der Waals surface area contributed by atoms with Crippen LogP contribution in [-0.2, 0) is 0 Å². The lowest BCUT2D eigenvalue weighted by atomic mass is 10.1. The Morgan fingerprint density at radius 2 is 1.94 bits per heavy atom. The van der Waals surface area contributed by atoms with Crippen molar-refractivity contribution in [3.8, 4) is 17.0 Å². The van der Waals surface area contributed by atoms with Gasteiger partial charge in [-0.2, -0.15) is 8.78 Å². The van der Waals surface area contributed by atoms with Crippen LogP contribution in [0.5, 0.6) is 5.75 Å². The smallest absolute Gasteiger partial charge is 0.387 e. The van der Waals surface area contributed by atoms with Crippen LogP contribution >= 0.6 is 23.2 Å². The molecule has 0 aliphatic carbocycles. The Hall–Kier alpha value is -1.39. The molecular weight excluding hydrogens is 283 g/mol. The molecule has 1 aromatic carbocycles. The Bertz CT molecular complexity index is 564. The van der Waals surface area contributed by atoms with Crippen LogP contribution in [0.2, 0.25) is 10.0 Å². The first-order valence-electron chi connectivity index (χ1n) is 4.93. The molecule has 0 bridgehead atoms. The van der Waals surface area contributed by atoms with E-state index in [1.165, 1.54) is 24.4 Å². The van der Waals surface area contributed by atoms with E-state index in [-0.39, 0.29) is 11.4 Å². The van der Waals surface area contributed by atoms with Crippen LogP contribution in [-0.4, -0.2) is 11.6 Å². The van der Waals surface area contributed by atoms with Crippen molar-refractivity contribution in [2.45, 2.75) is 6.61 Å². The molecule has 0 saturated heterocycles. The number of rotatable bonds is 3. The van der Waals surface area contributed by atoms with Crippen LogP contribution in [0.3, 0.4) is 0 Å². The van der Waals surface area contributed by atoms with E-state index in [2.05, 4.69) is 9.72 Å². The lowest BCUT2D eigenvalue weighted by Gasteiger charge is -2.10. The second-order valence-corrected chi connectivity index (χ2v) is 4.20. The van der Waals surface area contributed by atoms with Crippen molar-refractivity contribution in [3.63, 3.8) is 0 Å². The Morgan fingerprint density at radius 3 is 2.61 bits per heavy atom. The van der Waals surface area contributed by atoms with Gasteiger partial charge in [-0.05, 0) is 30.3 Å². The summed E-state index contributed by atoms with van der Waals surface area (Å²) in [6, 6.07) is 7.62. The summed E-state index contributed by atoms with van der Waals surface area (Å²) in [6.07, 6.45) is 1.47. The summed E-state index contributed by atoms with van der Waals surface area (Å²) >= 11 is 11.8. The monoisotopic (exact) mass is 289 g/mol. The molecule has 0 fully saturated rings. The third kappa shape index (κ3) is 2.89. The molecule has 1 aromatic heterocycles. The molecule has 0 aliphatic rings. The fourth-order valence-electron chi connectivity index (χ4n) is 1.47. The van der Waals surface area contributed by atoms with Gasteiger partial charge in [0.15, 0.2) is 5.75 Å². The van der Waals surface area contributed by atoms with Gasteiger partial charge in [0.05, 0.1) is 5.02 Å². The van der Waals surface area contributed by atoms with E-state index in [1.807, 2.05) is 0 Å². The molecule has 0 atom stereocenters. The molecule has 0 saturated carbocycles. The molecular formula is C12H7Cl2F2NO. The summed E-state index contributed by atoms with van der Waals surface area (Å²) in [5.41, 5.74) is 0.733. The first-order valence-corrected chi connectivity index (χ1v) is 5.69. The number of nitrogens with zero attached hydrogens (tertiary/aromatic N) is 1. The molecule has 18 heavy (non-hydrogen) atoms. The Balaban J connectivity index is 2.49. The Morgan fingerprint density at radius 1 is 1.17 bits per heavy atom. The quantitative estimate of drug-likeness (QED) is 0.820. The van der Waals surface area contributed by atoms with Gasteiger partial charge in [0.25, 0.3) is 0 Å². The summed E-state index contributed by atoms with van der Waals surface area (Å²) in [6.45, 7) is -2.92. The van der Waals surface area contributed by atoms with Crippen molar-refractivity contribution in [2.24, 2.45) is 0 Å². The molecule has 1 heterocycles. The minimum absolute atomic E-state index is 0.0308. The van der Waals surface area contributed by atoms with Crippen LogP contribution in [0, 0.1) is 0 Å². The van der Waals surface area contributed by atoms with Gasteiger partial charge in [-0.1, -0.05) is 23.2 Å². The maximum atomic E-state index is 12.3. The number of ether oxygens (including phenoxy) is 1. The second kappa shape index (κ2) is 5.50. The third-order valence-electron chi connectivity index (χ3n) is 2.17. The minimum Gasteiger partial charge on any atom is -0.432 e. The predicted octanol–water partition coefficient (Wildman–Crippen LogP) is 4.66. The Kier molecular flexibility index (Phi) is 3.99. The van der Waals surface area contributed by atoms with Gasteiger partial charge in [-0.3, -0.25) is 4.98 Å². The van der Waals surface area contributed by atoms with Gasteiger partial charge in [0.2, 0.25) is 0 Å². The van der Waals surface area contributed by atoms with Crippen molar-refractivity contribution in [1.82, 2.24) is 4.98 Å². The molecule has 2 nitrogen and oxygen atoms in total. The molecule has 2 aromatic rings. The van der Waals surface area contributed by atoms with Gasteiger partial charge < -0.3 is 4.74 Å². The number of alkyl halides is 2. The van der Waals surface area contributed by atoms with E-state index in [0.29, 0.717) is 15.6 Å². The SMILES string of the molecule is FC(F)Oc1cccnc1-c1ccc(Cl)cc1Cl. The highest BCUT2D eigenvalue weighted by Crippen LogP contribution is 2.34. The second-order valence-electron chi connectivity index (χ2n) is 3.35. The van der Waals surface area contributed by atoms with Gasteiger partial charge in [0.1, 0.15) is 5.69 Å². The first-order chi connectivity index (χ1) is 8.58. The van der Waals surface area contributed by atoms with E-state index in [0.717, 1.165) is 0 Å². The van der Waals surface area contributed by atoms with E-state index in [1.54, 1.807) is 12.1 Å². The minimum atomic E-state index is -2.92. The molecule has 2 rings (SSSR count). The van der Waals surface area contributed by atoms with Crippen LogP contribution in [0.15, 0.2) is 36.5 Å². The highest BCUT2D eigenvalue weighted by Gasteiger charge is 2.14. The van der Waals surface area contributed by atoms with E-state index < -0.39 is 6.61 Å². The third-order valence-corrected chi connectivity index (χ3v) is 2.72. The fraction of sp³-hybridized carbons (Fsp3) is 0.0833. The van der Waals surface area contributed by atoms with E-state index in [4.69, 9.17) is 23.2 Å². The number of hydrogen-bond acceptors (Lipinski definition) is 2. The lowest BCUT2D eigenvalue weighted by molar-refractivity contribution is -0.0496. The number of halogens is 4. The highest BCUT2D eigenvalue weighted by molar-refractivity contribution is 6.36. The number of hydrogen-bond donors (Lipinski definition) is 0. The predicted molar refractivity (Wildman–Crippen MR) is 66.3 cm³/mol. The van der Waals surface area contributed by atoms with Crippen LogP contribution in [0.25, 0.3) is 11.3 Å². The molecule has 0 N–H and O–H groups in total. The Labute approximate surface area is 112 Å². The van der Waals surface area contributed by atoms with Crippen LogP contribution in [0.4, 0.5) is 8.78 Å². The molecule has 0 radical (unpaired) electrons. The van der Waals surface area contributed by atoms with Crippen LogP contribution in [0.1, 0.15) is 0 Å². The summed E-state index contributed by atoms with van der Waals surface area (Å²) in [7, 11) is 0. The van der Waals surface area contributed by atoms with Crippen LogP contribution < -0.4 is 4.74 Å². The molecule has 6 heteroatoms. The summed E-state index contributed by atoms with van der Waals surface area (Å²) in [5.74, 6) is -0.0308. The summed E-state index contributed by atoms with van der Waals surface area (Å²) < 4.78 is 29.0. The normalized spacial score (nSPS) is 10.7. The average Bonchev–Trinajstić information content (AvgIpc) is 2.30. The molecule has 0 amide bonds. The highest BCUT2D eigenvalue weighted by atomic mass is 35.5. The number of pyridine rings is 1. The zero-order chi connectivity index (χ0) is 13.1.